The Bertz CT molecular complexity index is 797. The summed E-state index contributed by atoms with van der Waals surface area (Å²) in [4.78, 5) is 2.49. The van der Waals surface area contributed by atoms with Crippen LogP contribution in [0.2, 0.25) is 0 Å². The molecule has 2 aromatic rings. The summed E-state index contributed by atoms with van der Waals surface area (Å²) in [5.41, 5.74) is 4.94. The average molecular weight is 402 g/mol. The molecule has 3 rings (SSSR count). The molecule has 1 fully saturated rings. The molecule has 160 valence electrons. The molecule has 0 aliphatic carbocycles. The smallest absolute Gasteiger partial charge is 0.119 e. The molecule has 2 heterocycles. The molecule has 0 amide bonds. The minimum absolute atomic E-state index is 0.0369. The largest absolute Gasteiger partial charge is 0.497 e. The highest BCUT2D eigenvalue weighted by atomic mass is 16.5. The summed E-state index contributed by atoms with van der Waals surface area (Å²) in [6, 6.07) is 8.45. The molecule has 0 bridgehead atoms. The van der Waals surface area contributed by atoms with Crippen molar-refractivity contribution >= 4 is 0 Å². The van der Waals surface area contributed by atoms with Crippen LogP contribution in [0.1, 0.15) is 35.9 Å². The van der Waals surface area contributed by atoms with Gasteiger partial charge in [0.05, 0.1) is 26.0 Å². The van der Waals surface area contributed by atoms with Gasteiger partial charge in [-0.1, -0.05) is 12.1 Å². The molecule has 1 saturated heterocycles. The van der Waals surface area contributed by atoms with Crippen LogP contribution in [-0.4, -0.2) is 61.8 Å². The topological polar surface area (TPSA) is 48.8 Å². The zero-order valence-corrected chi connectivity index (χ0v) is 18.5. The standard InChI is InChI=1S/C23H35N3O3/c1-6-26-19(3)22(18(2)24-26)15-25(11-13-27-4)16-23(10-12-29-17-23)20-8-7-9-21(14-20)28-5/h7-9,14H,6,10-13,15-17H2,1-5H3/t23-/m0/s1. The molecular weight excluding hydrogens is 366 g/mol. The molecule has 0 radical (unpaired) electrons. The second-order valence-corrected chi connectivity index (χ2v) is 7.98. The van der Waals surface area contributed by atoms with E-state index in [1.54, 1.807) is 14.2 Å². The first-order valence-electron chi connectivity index (χ1n) is 10.5. The highest BCUT2D eigenvalue weighted by Crippen LogP contribution is 2.36. The lowest BCUT2D eigenvalue weighted by Gasteiger charge is -2.35. The number of nitrogens with zero attached hydrogens (tertiary/aromatic N) is 3. The molecular formula is C23H35N3O3. The van der Waals surface area contributed by atoms with Gasteiger partial charge in [-0.25, -0.2) is 0 Å². The van der Waals surface area contributed by atoms with E-state index in [0.29, 0.717) is 6.61 Å². The van der Waals surface area contributed by atoms with Gasteiger partial charge in [0.2, 0.25) is 0 Å². The van der Waals surface area contributed by atoms with Crippen molar-refractivity contribution in [2.24, 2.45) is 0 Å². The average Bonchev–Trinajstić information content (AvgIpc) is 3.32. The van der Waals surface area contributed by atoms with E-state index in [1.165, 1.54) is 16.8 Å². The Morgan fingerprint density at radius 1 is 1.28 bits per heavy atom. The summed E-state index contributed by atoms with van der Waals surface area (Å²) in [5.74, 6) is 0.896. The van der Waals surface area contributed by atoms with E-state index in [0.717, 1.165) is 57.3 Å². The lowest BCUT2D eigenvalue weighted by Crippen LogP contribution is -2.42. The van der Waals surface area contributed by atoms with Crippen LogP contribution in [0.3, 0.4) is 0 Å². The third-order valence-electron chi connectivity index (χ3n) is 6.14. The van der Waals surface area contributed by atoms with Crippen LogP contribution in [0.4, 0.5) is 0 Å². The summed E-state index contributed by atoms with van der Waals surface area (Å²) >= 11 is 0. The van der Waals surface area contributed by atoms with E-state index < -0.39 is 0 Å². The molecule has 1 aromatic carbocycles. The minimum Gasteiger partial charge on any atom is -0.497 e. The number of methoxy groups -OCH3 is 2. The van der Waals surface area contributed by atoms with Gasteiger partial charge < -0.3 is 14.2 Å². The SMILES string of the molecule is CCn1nc(C)c(CN(CCOC)C[C@@]2(c3cccc(OC)c3)CCOC2)c1C. The van der Waals surface area contributed by atoms with Crippen molar-refractivity contribution in [3.63, 3.8) is 0 Å². The van der Waals surface area contributed by atoms with E-state index in [4.69, 9.17) is 19.3 Å². The number of benzene rings is 1. The van der Waals surface area contributed by atoms with Crippen molar-refractivity contribution in [2.75, 3.05) is 47.1 Å². The number of aromatic nitrogens is 2. The Morgan fingerprint density at radius 3 is 2.72 bits per heavy atom. The quantitative estimate of drug-likeness (QED) is 0.611. The van der Waals surface area contributed by atoms with Gasteiger partial charge in [0, 0.05) is 56.6 Å². The van der Waals surface area contributed by atoms with Crippen molar-refractivity contribution in [1.29, 1.82) is 0 Å². The van der Waals surface area contributed by atoms with Gasteiger partial charge >= 0.3 is 0 Å². The maximum absolute atomic E-state index is 5.90. The lowest BCUT2D eigenvalue weighted by molar-refractivity contribution is 0.113. The molecule has 0 unspecified atom stereocenters. The van der Waals surface area contributed by atoms with Gasteiger partial charge in [-0.3, -0.25) is 9.58 Å². The normalized spacial score (nSPS) is 19.2. The third kappa shape index (κ3) is 4.82. The van der Waals surface area contributed by atoms with Gasteiger partial charge in [0.1, 0.15) is 5.75 Å². The zero-order chi connectivity index (χ0) is 20.9. The highest BCUT2D eigenvalue weighted by Gasteiger charge is 2.38. The highest BCUT2D eigenvalue weighted by molar-refractivity contribution is 5.35. The maximum atomic E-state index is 5.90. The van der Waals surface area contributed by atoms with Gasteiger partial charge in [0.15, 0.2) is 0 Å². The van der Waals surface area contributed by atoms with Crippen LogP contribution >= 0.6 is 0 Å². The van der Waals surface area contributed by atoms with Crippen molar-refractivity contribution in [1.82, 2.24) is 14.7 Å². The summed E-state index contributed by atoms with van der Waals surface area (Å²) < 4.78 is 18.9. The summed E-state index contributed by atoms with van der Waals surface area (Å²) in [6.45, 7) is 12.2. The molecule has 6 nitrogen and oxygen atoms in total. The zero-order valence-electron chi connectivity index (χ0n) is 18.5. The first-order valence-corrected chi connectivity index (χ1v) is 10.5. The van der Waals surface area contributed by atoms with E-state index in [2.05, 4.69) is 48.6 Å². The molecule has 1 aliphatic heterocycles. The monoisotopic (exact) mass is 401 g/mol. The van der Waals surface area contributed by atoms with E-state index in [-0.39, 0.29) is 5.41 Å². The minimum atomic E-state index is -0.0369. The molecule has 0 spiro atoms. The van der Waals surface area contributed by atoms with Crippen molar-refractivity contribution in [3.05, 3.63) is 46.8 Å². The Kier molecular flexibility index (Phi) is 7.33. The fraction of sp³-hybridized carbons (Fsp3) is 0.609. The van der Waals surface area contributed by atoms with E-state index in [9.17, 15) is 0 Å². The van der Waals surface area contributed by atoms with Gasteiger partial charge in [-0.05, 0) is 44.9 Å². The first-order chi connectivity index (χ1) is 14.0. The number of aryl methyl sites for hydroxylation is 2. The van der Waals surface area contributed by atoms with Crippen LogP contribution in [0, 0.1) is 13.8 Å². The van der Waals surface area contributed by atoms with Gasteiger partial charge in [-0.15, -0.1) is 0 Å². The first kappa shape index (κ1) is 21.8. The Morgan fingerprint density at radius 2 is 2.10 bits per heavy atom. The third-order valence-corrected chi connectivity index (χ3v) is 6.14. The van der Waals surface area contributed by atoms with Gasteiger partial charge in [0.25, 0.3) is 0 Å². The molecule has 0 N–H and O–H groups in total. The van der Waals surface area contributed by atoms with Crippen molar-refractivity contribution < 1.29 is 14.2 Å². The van der Waals surface area contributed by atoms with E-state index >= 15 is 0 Å². The van der Waals surface area contributed by atoms with Crippen LogP contribution in [-0.2, 0) is 28.0 Å². The molecule has 1 atom stereocenters. The Labute approximate surface area is 174 Å². The van der Waals surface area contributed by atoms with Crippen LogP contribution in [0.5, 0.6) is 5.75 Å². The molecule has 6 heteroatoms. The summed E-state index contributed by atoms with van der Waals surface area (Å²) in [5, 5.41) is 4.71. The van der Waals surface area contributed by atoms with Crippen LogP contribution in [0.25, 0.3) is 0 Å². The number of hydrogen-bond acceptors (Lipinski definition) is 5. The Hall–Kier alpha value is -1.89. The second kappa shape index (κ2) is 9.74. The molecule has 0 saturated carbocycles. The Balaban J connectivity index is 1.88. The fourth-order valence-corrected chi connectivity index (χ4v) is 4.36. The second-order valence-electron chi connectivity index (χ2n) is 7.98. The van der Waals surface area contributed by atoms with Crippen LogP contribution in [0.15, 0.2) is 24.3 Å². The van der Waals surface area contributed by atoms with Crippen LogP contribution < -0.4 is 4.74 Å². The molecule has 29 heavy (non-hydrogen) atoms. The summed E-state index contributed by atoms with van der Waals surface area (Å²) in [7, 11) is 3.49. The van der Waals surface area contributed by atoms with Gasteiger partial charge in [-0.2, -0.15) is 5.10 Å². The predicted molar refractivity (Wildman–Crippen MR) is 115 cm³/mol. The number of hydrogen-bond donors (Lipinski definition) is 0. The molecule has 1 aliphatic rings. The molecule has 1 aromatic heterocycles. The number of rotatable bonds is 10. The lowest BCUT2D eigenvalue weighted by atomic mass is 9.79. The summed E-state index contributed by atoms with van der Waals surface area (Å²) in [6.07, 6.45) is 1.01. The number of ether oxygens (including phenoxy) is 3. The predicted octanol–water partition coefficient (Wildman–Crippen LogP) is 3.34. The van der Waals surface area contributed by atoms with Crippen molar-refractivity contribution in [2.45, 2.75) is 45.7 Å². The van der Waals surface area contributed by atoms with E-state index in [1.807, 2.05) is 6.07 Å². The maximum Gasteiger partial charge on any atom is 0.119 e. The van der Waals surface area contributed by atoms with Crippen molar-refractivity contribution in [3.8, 4) is 5.75 Å². The fourth-order valence-electron chi connectivity index (χ4n) is 4.36.